The lowest BCUT2D eigenvalue weighted by atomic mass is 10.0. The number of hydrogen-bond acceptors (Lipinski definition) is 4. The SMILES string of the molecule is CN(C)C=Nc1ccc(N2CCCC(NC(=O)O)C2)cc1C#N. The number of carboxylic acid groups (broad SMARTS) is 1. The van der Waals surface area contributed by atoms with Crippen molar-refractivity contribution in [3.05, 3.63) is 23.8 Å². The molecule has 1 aliphatic rings. The van der Waals surface area contributed by atoms with Gasteiger partial charge in [0.05, 0.1) is 17.6 Å². The molecule has 1 amide bonds. The van der Waals surface area contributed by atoms with Gasteiger partial charge in [-0.15, -0.1) is 0 Å². The lowest BCUT2D eigenvalue weighted by Gasteiger charge is -2.34. The number of nitrogens with zero attached hydrogens (tertiary/aromatic N) is 4. The van der Waals surface area contributed by atoms with Gasteiger partial charge in [0.25, 0.3) is 0 Å². The standard InChI is InChI=1S/C16H21N5O2/c1-20(2)11-18-15-6-5-14(8-12(15)9-17)21-7-3-4-13(10-21)19-16(22)23/h5-6,8,11,13,19H,3-4,7,10H2,1-2H3,(H,22,23). The summed E-state index contributed by atoms with van der Waals surface area (Å²) in [5.41, 5.74) is 2.05. The van der Waals surface area contributed by atoms with Gasteiger partial charge in [0, 0.05) is 38.9 Å². The first-order valence-corrected chi connectivity index (χ1v) is 7.49. The highest BCUT2D eigenvalue weighted by molar-refractivity contribution is 5.68. The molecule has 1 aliphatic heterocycles. The molecule has 7 heteroatoms. The van der Waals surface area contributed by atoms with Gasteiger partial charge in [-0.1, -0.05) is 0 Å². The van der Waals surface area contributed by atoms with Gasteiger partial charge in [0.15, 0.2) is 0 Å². The maximum atomic E-state index is 10.8. The summed E-state index contributed by atoms with van der Waals surface area (Å²) < 4.78 is 0. The molecule has 122 valence electrons. The van der Waals surface area contributed by atoms with Crippen LogP contribution in [-0.4, -0.2) is 55.7 Å². The third-order valence-electron chi connectivity index (χ3n) is 3.64. The van der Waals surface area contributed by atoms with Crippen molar-refractivity contribution in [3.63, 3.8) is 0 Å². The quantitative estimate of drug-likeness (QED) is 0.655. The molecule has 0 radical (unpaired) electrons. The van der Waals surface area contributed by atoms with Gasteiger partial charge in [-0.3, -0.25) is 0 Å². The Bertz CT molecular complexity index is 636. The van der Waals surface area contributed by atoms with Crippen LogP contribution in [0.5, 0.6) is 0 Å². The molecular weight excluding hydrogens is 294 g/mol. The van der Waals surface area contributed by atoms with E-state index in [1.165, 1.54) is 0 Å². The van der Waals surface area contributed by atoms with E-state index in [1.807, 2.05) is 37.2 Å². The molecule has 1 unspecified atom stereocenters. The zero-order valence-electron chi connectivity index (χ0n) is 13.4. The number of benzene rings is 1. The fourth-order valence-electron chi connectivity index (χ4n) is 2.60. The maximum Gasteiger partial charge on any atom is 0.404 e. The molecule has 0 aromatic heterocycles. The summed E-state index contributed by atoms with van der Waals surface area (Å²) in [4.78, 5) is 19.0. The molecule has 23 heavy (non-hydrogen) atoms. The van der Waals surface area contributed by atoms with Crippen molar-refractivity contribution in [2.45, 2.75) is 18.9 Å². The van der Waals surface area contributed by atoms with Crippen LogP contribution in [0.3, 0.4) is 0 Å². The molecular formula is C16H21N5O2. The highest BCUT2D eigenvalue weighted by Gasteiger charge is 2.21. The number of amides is 1. The second kappa shape index (κ2) is 7.49. The average molecular weight is 315 g/mol. The largest absolute Gasteiger partial charge is 0.465 e. The Balaban J connectivity index is 2.17. The fourth-order valence-corrected chi connectivity index (χ4v) is 2.60. The molecule has 1 aromatic carbocycles. The third-order valence-corrected chi connectivity index (χ3v) is 3.64. The van der Waals surface area contributed by atoms with Crippen LogP contribution in [0.25, 0.3) is 0 Å². The number of nitriles is 1. The monoisotopic (exact) mass is 315 g/mol. The molecule has 0 bridgehead atoms. The lowest BCUT2D eigenvalue weighted by molar-refractivity contribution is 0.188. The van der Waals surface area contributed by atoms with Crippen LogP contribution < -0.4 is 10.2 Å². The van der Waals surface area contributed by atoms with E-state index in [1.54, 1.807) is 6.34 Å². The van der Waals surface area contributed by atoms with Crippen molar-refractivity contribution >= 4 is 23.8 Å². The van der Waals surface area contributed by atoms with Crippen molar-refractivity contribution in [1.82, 2.24) is 10.2 Å². The van der Waals surface area contributed by atoms with Gasteiger partial charge in [-0.25, -0.2) is 9.79 Å². The number of nitrogens with one attached hydrogen (secondary N) is 1. The molecule has 1 saturated heterocycles. The minimum Gasteiger partial charge on any atom is -0.465 e. The fraction of sp³-hybridized carbons (Fsp3) is 0.438. The molecule has 1 fully saturated rings. The van der Waals surface area contributed by atoms with Gasteiger partial charge in [0.1, 0.15) is 6.07 Å². The van der Waals surface area contributed by atoms with Gasteiger partial charge in [-0.2, -0.15) is 5.26 Å². The van der Waals surface area contributed by atoms with E-state index in [4.69, 9.17) is 5.11 Å². The van der Waals surface area contributed by atoms with E-state index in [-0.39, 0.29) is 6.04 Å². The number of anilines is 1. The van der Waals surface area contributed by atoms with E-state index in [9.17, 15) is 10.1 Å². The summed E-state index contributed by atoms with van der Waals surface area (Å²) in [7, 11) is 3.74. The molecule has 1 aromatic rings. The number of rotatable bonds is 4. The molecule has 7 nitrogen and oxygen atoms in total. The first-order chi connectivity index (χ1) is 11.0. The number of carbonyl (C=O) groups is 1. The molecule has 2 N–H and O–H groups in total. The smallest absolute Gasteiger partial charge is 0.404 e. The zero-order chi connectivity index (χ0) is 16.8. The van der Waals surface area contributed by atoms with Gasteiger partial charge in [0.2, 0.25) is 0 Å². The van der Waals surface area contributed by atoms with Crippen LogP contribution in [0.2, 0.25) is 0 Å². The number of hydrogen-bond donors (Lipinski definition) is 2. The minimum absolute atomic E-state index is 0.0850. The molecule has 2 rings (SSSR count). The van der Waals surface area contributed by atoms with Crippen LogP contribution in [0.15, 0.2) is 23.2 Å². The van der Waals surface area contributed by atoms with Crippen molar-refractivity contribution in [3.8, 4) is 6.07 Å². The topological polar surface area (TPSA) is 92.0 Å². The predicted molar refractivity (Wildman–Crippen MR) is 89.4 cm³/mol. The van der Waals surface area contributed by atoms with E-state index in [0.29, 0.717) is 17.8 Å². The first-order valence-electron chi connectivity index (χ1n) is 7.49. The highest BCUT2D eigenvalue weighted by Crippen LogP contribution is 2.27. The van der Waals surface area contributed by atoms with Crippen LogP contribution in [0.4, 0.5) is 16.2 Å². The lowest BCUT2D eigenvalue weighted by Crippen LogP contribution is -2.47. The second-order valence-electron chi connectivity index (χ2n) is 5.76. The number of piperidine rings is 1. The van der Waals surface area contributed by atoms with Gasteiger partial charge >= 0.3 is 6.09 Å². The Kier molecular flexibility index (Phi) is 5.41. The van der Waals surface area contributed by atoms with Crippen molar-refractivity contribution < 1.29 is 9.90 Å². The summed E-state index contributed by atoms with van der Waals surface area (Å²) in [6.07, 6.45) is 2.40. The predicted octanol–water partition coefficient (Wildman–Crippen LogP) is 2.02. The van der Waals surface area contributed by atoms with Gasteiger partial charge < -0.3 is 20.2 Å². The van der Waals surface area contributed by atoms with Crippen LogP contribution in [-0.2, 0) is 0 Å². The summed E-state index contributed by atoms with van der Waals surface area (Å²) >= 11 is 0. The third kappa shape index (κ3) is 4.61. The molecule has 0 saturated carbocycles. The Hall–Kier alpha value is -2.75. The first kappa shape index (κ1) is 16.6. The number of aliphatic imine (C=N–C) groups is 1. The van der Waals surface area contributed by atoms with Crippen molar-refractivity contribution in [2.24, 2.45) is 4.99 Å². The van der Waals surface area contributed by atoms with E-state index in [2.05, 4.69) is 21.3 Å². The summed E-state index contributed by atoms with van der Waals surface area (Å²) in [6, 6.07) is 7.64. The Morgan fingerprint density at radius 3 is 3.00 bits per heavy atom. The van der Waals surface area contributed by atoms with E-state index in [0.717, 1.165) is 25.1 Å². The summed E-state index contributed by atoms with van der Waals surface area (Å²) in [6.45, 7) is 1.46. The average Bonchev–Trinajstić information content (AvgIpc) is 2.52. The maximum absolute atomic E-state index is 10.8. The van der Waals surface area contributed by atoms with Crippen LogP contribution >= 0.6 is 0 Å². The molecule has 0 spiro atoms. The molecule has 1 atom stereocenters. The molecule has 0 aliphatic carbocycles. The summed E-state index contributed by atoms with van der Waals surface area (Å²) in [5.74, 6) is 0. The van der Waals surface area contributed by atoms with Gasteiger partial charge in [-0.05, 0) is 31.0 Å². The highest BCUT2D eigenvalue weighted by atomic mass is 16.4. The van der Waals surface area contributed by atoms with Crippen molar-refractivity contribution in [2.75, 3.05) is 32.1 Å². The van der Waals surface area contributed by atoms with Crippen LogP contribution in [0.1, 0.15) is 18.4 Å². The van der Waals surface area contributed by atoms with Crippen LogP contribution in [0, 0.1) is 11.3 Å². The molecule has 1 heterocycles. The normalized spacial score (nSPS) is 17.8. The zero-order valence-corrected chi connectivity index (χ0v) is 13.4. The summed E-state index contributed by atoms with van der Waals surface area (Å²) in [5, 5.41) is 20.7. The Morgan fingerprint density at radius 2 is 2.35 bits per heavy atom. The van der Waals surface area contributed by atoms with E-state index >= 15 is 0 Å². The Labute approximate surface area is 135 Å². The van der Waals surface area contributed by atoms with E-state index < -0.39 is 6.09 Å². The minimum atomic E-state index is -0.997. The van der Waals surface area contributed by atoms with Crippen molar-refractivity contribution in [1.29, 1.82) is 5.26 Å². The second-order valence-corrected chi connectivity index (χ2v) is 5.76. The Morgan fingerprint density at radius 1 is 1.57 bits per heavy atom.